The highest BCUT2D eigenvalue weighted by Gasteiger charge is 2.17. The number of carbonyl (C=O) groups excluding carboxylic acids is 1. The van der Waals surface area contributed by atoms with Gasteiger partial charge in [-0.25, -0.2) is 4.79 Å². The number of carbonyl (C=O) groups is 1. The number of benzene rings is 2. The molecule has 0 N–H and O–H groups in total. The largest absolute Gasteiger partial charge is 0.503 e. The van der Waals surface area contributed by atoms with Gasteiger partial charge in [0.2, 0.25) is 0 Å². The molecular weight excluding hydrogens is 394 g/mol. The average molecular weight is 426 g/mol. The summed E-state index contributed by atoms with van der Waals surface area (Å²) in [6.45, 7) is 8.89. The lowest BCUT2D eigenvalue weighted by Gasteiger charge is -2.16. The fourth-order valence-corrected chi connectivity index (χ4v) is 3.13. The third kappa shape index (κ3) is 6.35. The molecule has 0 spiro atoms. The lowest BCUT2D eigenvalue weighted by molar-refractivity contribution is -0.133. The zero-order valence-electron chi connectivity index (χ0n) is 19.2. The van der Waals surface area contributed by atoms with Gasteiger partial charge in [-0.1, -0.05) is 36.3 Å². The first-order valence-electron chi connectivity index (χ1n) is 10.2. The molecule has 6 heteroatoms. The molecule has 0 aliphatic heterocycles. The summed E-state index contributed by atoms with van der Waals surface area (Å²) in [5, 5.41) is 4.20. The molecule has 0 heterocycles. The van der Waals surface area contributed by atoms with Gasteiger partial charge in [-0.05, 0) is 61.6 Å². The van der Waals surface area contributed by atoms with Crippen LogP contribution < -0.4 is 4.74 Å². The summed E-state index contributed by atoms with van der Waals surface area (Å²) in [4.78, 5) is 17.5. The molecule has 2 aromatic carbocycles. The van der Waals surface area contributed by atoms with Crippen LogP contribution in [0.4, 0.5) is 0 Å². The van der Waals surface area contributed by atoms with E-state index in [-0.39, 0.29) is 0 Å². The van der Waals surface area contributed by atoms with Crippen molar-refractivity contribution in [2.75, 3.05) is 20.8 Å². The van der Waals surface area contributed by atoms with Gasteiger partial charge in [0.1, 0.15) is 24.5 Å². The van der Waals surface area contributed by atoms with Crippen LogP contribution in [-0.4, -0.2) is 32.5 Å². The molecule has 0 atom stereocenters. The molecule has 0 aliphatic rings. The van der Waals surface area contributed by atoms with Crippen LogP contribution in [0.15, 0.2) is 47.8 Å². The summed E-state index contributed by atoms with van der Waals surface area (Å²) < 4.78 is 16.1. The lowest BCUT2D eigenvalue weighted by atomic mass is 10.0. The van der Waals surface area contributed by atoms with E-state index in [9.17, 15) is 4.79 Å². The molecule has 0 bridgehead atoms. The number of methoxy groups -OCH3 is 2. The van der Waals surface area contributed by atoms with E-state index in [1.54, 1.807) is 0 Å². The highest BCUT2D eigenvalue weighted by atomic mass is 16.6. The van der Waals surface area contributed by atoms with Crippen molar-refractivity contribution in [3.63, 3.8) is 0 Å². The topological polar surface area (TPSA) is 66.3 Å². The Labute approximate surface area is 184 Å². The summed E-state index contributed by atoms with van der Waals surface area (Å²) in [6.07, 6.45) is 2.30. The van der Waals surface area contributed by atoms with Crippen LogP contribution in [0.25, 0.3) is 5.57 Å². The van der Waals surface area contributed by atoms with Crippen molar-refractivity contribution in [2.24, 2.45) is 5.16 Å². The smallest absolute Gasteiger partial charge is 0.341 e. The highest BCUT2D eigenvalue weighted by Crippen LogP contribution is 2.27. The number of nitrogens with zero attached hydrogens (tertiary/aromatic N) is 1. The van der Waals surface area contributed by atoms with E-state index in [1.165, 1.54) is 20.5 Å². The van der Waals surface area contributed by atoms with Crippen LogP contribution in [0.1, 0.15) is 48.1 Å². The van der Waals surface area contributed by atoms with Gasteiger partial charge in [0, 0.05) is 5.56 Å². The van der Waals surface area contributed by atoms with Gasteiger partial charge in [-0.15, -0.1) is 0 Å². The summed E-state index contributed by atoms with van der Waals surface area (Å²) in [5.41, 5.74) is 5.79. The quantitative estimate of drug-likeness (QED) is 0.131. The summed E-state index contributed by atoms with van der Waals surface area (Å²) >= 11 is 0. The maximum Gasteiger partial charge on any atom is 0.341 e. The maximum atomic E-state index is 12.2. The number of hydrogen-bond acceptors (Lipinski definition) is 6. The Morgan fingerprint density at radius 1 is 1.06 bits per heavy atom. The molecule has 0 saturated carbocycles. The number of rotatable bonds is 10. The van der Waals surface area contributed by atoms with Crippen LogP contribution >= 0.6 is 0 Å². The van der Waals surface area contributed by atoms with Gasteiger partial charge in [-0.3, -0.25) is 0 Å². The van der Waals surface area contributed by atoms with E-state index in [0.29, 0.717) is 24.4 Å². The van der Waals surface area contributed by atoms with Gasteiger partial charge in [0.05, 0.1) is 26.2 Å². The molecule has 0 aliphatic carbocycles. The van der Waals surface area contributed by atoms with E-state index in [4.69, 9.17) is 19.0 Å². The van der Waals surface area contributed by atoms with Crippen molar-refractivity contribution in [1.29, 1.82) is 0 Å². The van der Waals surface area contributed by atoms with E-state index in [0.717, 1.165) is 40.1 Å². The Morgan fingerprint density at radius 2 is 1.81 bits per heavy atom. The van der Waals surface area contributed by atoms with Crippen molar-refractivity contribution in [3.8, 4) is 5.75 Å². The average Bonchev–Trinajstić information content (AvgIpc) is 2.77. The van der Waals surface area contributed by atoms with Crippen LogP contribution in [0.2, 0.25) is 0 Å². The minimum absolute atomic E-state index is 0.292. The molecule has 0 fully saturated rings. The number of oxime groups is 1. The van der Waals surface area contributed by atoms with Crippen molar-refractivity contribution in [2.45, 2.75) is 40.7 Å². The number of aryl methyl sites for hydroxylation is 2. The fourth-order valence-electron chi connectivity index (χ4n) is 3.13. The first-order valence-corrected chi connectivity index (χ1v) is 10.2. The minimum Gasteiger partial charge on any atom is -0.503 e. The number of esters is 1. The van der Waals surface area contributed by atoms with Crippen molar-refractivity contribution >= 4 is 17.3 Å². The van der Waals surface area contributed by atoms with E-state index < -0.39 is 5.97 Å². The maximum absolute atomic E-state index is 12.2. The normalized spacial score (nSPS) is 11.8. The van der Waals surface area contributed by atoms with Gasteiger partial charge >= 0.3 is 5.97 Å². The fraction of sp³-hybridized carbons (Fsp3) is 0.360. The van der Waals surface area contributed by atoms with Crippen LogP contribution in [0, 0.1) is 13.8 Å². The molecule has 6 nitrogen and oxygen atoms in total. The summed E-state index contributed by atoms with van der Waals surface area (Å²) in [7, 11) is 2.84. The zero-order chi connectivity index (χ0) is 22.8. The Kier molecular flexibility index (Phi) is 9.13. The Bertz CT molecular complexity index is 962. The highest BCUT2D eigenvalue weighted by molar-refractivity contribution is 6.16. The molecular formula is C25H31NO5. The Balaban J connectivity index is 2.26. The van der Waals surface area contributed by atoms with E-state index >= 15 is 0 Å². The van der Waals surface area contributed by atoms with E-state index in [2.05, 4.69) is 11.2 Å². The SMILES string of the molecule is CCCO/N=C(\C)c1cc(C)c(OCc2ccccc2/C(=C/OC)C(=O)OC)cc1C. The monoisotopic (exact) mass is 425 g/mol. The molecule has 0 unspecified atom stereocenters. The lowest BCUT2D eigenvalue weighted by Crippen LogP contribution is -2.09. The van der Waals surface area contributed by atoms with Crippen LogP contribution in [0.5, 0.6) is 5.75 Å². The molecule has 31 heavy (non-hydrogen) atoms. The second-order valence-electron chi connectivity index (χ2n) is 7.15. The number of ether oxygens (including phenoxy) is 3. The molecule has 0 saturated heterocycles. The van der Waals surface area contributed by atoms with Crippen molar-refractivity contribution in [1.82, 2.24) is 0 Å². The predicted octanol–water partition coefficient (Wildman–Crippen LogP) is 5.19. The van der Waals surface area contributed by atoms with Crippen molar-refractivity contribution in [3.05, 3.63) is 70.5 Å². The minimum atomic E-state index is -0.467. The van der Waals surface area contributed by atoms with Crippen molar-refractivity contribution < 1.29 is 23.8 Å². The molecule has 0 aromatic heterocycles. The third-order valence-electron chi connectivity index (χ3n) is 4.74. The summed E-state index contributed by atoms with van der Waals surface area (Å²) in [6, 6.07) is 11.6. The Morgan fingerprint density at radius 3 is 2.48 bits per heavy atom. The van der Waals surface area contributed by atoms with Gasteiger partial charge in [0.15, 0.2) is 0 Å². The molecule has 166 valence electrons. The van der Waals surface area contributed by atoms with E-state index in [1.807, 2.05) is 58.0 Å². The van der Waals surface area contributed by atoms with Gasteiger partial charge in [-0.2, -0.15) is 0 Å². The first-order chi connectivity index (χ1) is 14.9. The van der Waals surface area contributed by atoms with Gasteiger partial charge < -0.3 is 19.0 Å². The third-order valence-corrected chi connectivity index (χ3v) is 4.74. The molecule has 0 radical (unpaired) electrons. The standard InChI is InChI=1S/C25H31NO5/c1-7-12-31-26-19(4)22-13-18(3)24(14-17(22)2)30-15-20-10-8-9-11-21(20)23(16-28-5)25(27)29-6/h8-11,13-14,16H,7,12,15H2,1-6H3/b23-16-,26-19+. The second-order valence-corrected chi connectivity index (χ2v) is 7.15. The number of hydrogen-bond donors (Lipinski definition) is 0. The summed E-state index contributed by atoms with van der Waals surface area (Å²) in [5.74, 6) is 0.305. The Hall–Kier alpha value is -3.28. The van der Waals surface area contributed by atoms with Gasteiger partial charge in [0.25, 0.3) is 0 Å². The molecule has 2 aromatic rings. The van der Waals surface area contributed by atoms with Crippen LogP contribution in [-0.2, 0) is 25.7 Å². The second kappa shape index (κ2) is 11.8. The molecule has 0 amide bonds. The first kappa shape index (κ1) is 24.0. The zero-order valence-corrected chi connectivity index (χ0v) is 19.2. The molecule has 2 rings (SSSR count). The predicted molar refractivity (Wildman–Crippen MR) is 122 cm³/mol. The van der Waals surface area contributed by atoms with Crippen LogP contribution in [0.3, 0.4) is 0 Å².